The first-order chi connectivity index (χ1) is 12.0. The molecule has 2 rings (SSSR count). The second-order valence-corrected chi connectivity index (χ2v) is 5.01. The van der Waals surface area contributed by atoms with Crippen molar-refractivity contribution in [1.82, 2.24) is 10.6 Å². The van der Waals surface area contributed by atoms with Gasteiger partial charge in [-0.2, -0.15) is 0 Å². The summed E-state index contributed by atoms with van der Waals surface area (Å²) in [6.45, 7) is 0.399. The number of rotatable bonds is 6. The number of hydrogen-bond donors (Lipinski definition) is 2. The zero-order valence-corrected chi connectivity index (χ0v) is 16.2. The Balaban J connectivity index is 0.00000338. The number of ether oxygens (including phenoxy) is 1. The van der Waals surface area contributed by atoms with Crippen LogP contribution in [0.4, 0.5) is 17.6 Å². The van der Waals surface area contributed by atoms with Gasteiger partial charge in [0.05, 0.1) is 6.54 Å². The van der Waals surface area contributed by atoms with Crippen LogP contribution in [-0.2, 0) is 6.54 Å². The van der Waals surface area contributed by atoms with E-state index in [1.165, 1.54) is 13.1 Å². The van der Waals surface area contributed by atoms with E-state index in [-0.39, 0.29) is 55.0 Å². The lowest BCUT2D eigenvalue weighted by Crippen LogP contribution is -2.39. The summed E-state index contributed by atoms with van der Waals surface area (Å²) in [5, 5.41) is 5.70. The minimum absolute atomic E-state index is 0. The van der Waals surface area contributed by atoms with E-state index < -0.39 is 23.3 Å². The highest BCUT2D eigenvalue weighted by Gasteiger charge is 2.06. The van der Waals surface area contributed by atoms with Crippen LogP contribution in [0.3, 0.4) is 0 Å². The second kappa shape index (κ2) is 10.8. The summed E-state index contributed by atoms with van der Waals surface area (Å²) in [6, 6.07) is 6.21. The average molecular weight is 483 g/mol. The predicted molar refractivity (Wildman–Crippen MR) is 102 cm³/mol. The lowest BCUT2D eigenvalue weighted by molar-refractivity contribution is 0.304. The summed E-state index contributed by atoms with van der Waals surface area (Å²) in [5.74, 6) is -2.25. The van der Waals surface area contributed by atoms with Crippen molar-refractivity contribution in [3.05, 3.63) is 65.2 Å². The maximum absolute atomic E-state index is 13.5. The lowest BCUT2D eigenvalue weighted by atomic mass is 10.2. The fourth-order valence-corrected chi connectivity index (χ4v) is 2.00. The maximum Gasteiger partial charge on any atom is 0.191 e. The summed E-state index contributed by atoms with van der Waals surface area (Å²) in [7, 11) is 1.51. The first-order valence-corrected chi connectivity index (χ1v) is 7.46. The van der Waals surface area contributed by atoms with E-state index >= 15 is 0 Å². The minimum atomic E-state index is -0.788. The minimum Gasteiger partial charge on any atom is -0.489 e. The van der Waals surface area contributed by atoms with Gasteiger partial charge in [0.1, 0.15) is 24.1 Å². The quantitative estimate of drug-likeness (QED) is 0.217. The van der Waals surface area contributed by atoms with Gasteiger partial charge in [-0.3, -0.25) is 4.99 Å². The SMILES string of the molecule is CN=C(NCCOc1ccc(F)cc1F)NCc1cc(F)ccc1F.I. The van der Waals surface area contributed by atoms with Gasteiger partial charge in [0.15, 0.2) is 17.5 Å². The highest BCUT2D eigenvalue weighted by atomic mass is 127. The Morgan fingerprint density at radius 1 is 0.962 bits per heavy atom. The van der Waals surface area contributed by atoms with Crippen molar-refractivity contribution in [1.29, 1.82) is 0 Å². The molecule has 0 aliphatic rings. The molecule has 2 aromatic carbocycles. The highest BCUT2D eigenvalue weighted by molar-refractivity contribution is 14.0. The molecule has 0 saturated carbocycles. The Hall–Kier alpha value is -2.04. The monoisotopic (exact) mass is 483 g/mol. The van der Waals surface area contributed by atoms with Crippen molar-refractivity contribution in [2.45, 2.75) is 6.54 Å². The average Bonchev–Trinajstić information content (AvgIpc) is 2.58. The topological polar surface area (TPSA) is 45.7 Å². The molecule has 0 aliphatic heterocycles. The third-order valence-corrected chi connectivity index (χ3v) is 3.22. The molecule has 0 aromatic heterocycles. The number of aliphatic imine (C=N–C) groups is 1. The molecule has 2 N–H and O–H groups in total. The molecule has 0 saturated heterocycles. The summed E-state index contributed by atoms with van der Waals surface area (Å²) in [6.07, 6.45) is 0. The standard InChI is InChI=1S/C17H17F4N3O.HI/c1-22-17(24-10-11-8-12(18)2-4-14(11)20)23-6-7-25-16-5-3-13(19)9-15(16)21;/h2-5,8-9H,6-7,10H2,1H3,(H2,22,23,24);1H. The number of guanidine groups is 1. The predicted octanol–water partition coefficient (Wildman–Crippen LogP) is 3.61. The van der Waals surface area contributed by atoms with Gasteiger partial charge in [-0.15, -0.1) is 24.0 Å². The molecule has 0 bridgehead atoms. The molecule has 0 atom stereocenters. The Bertz CT molecular complexity index is 759. The van der Waals surface area contributed by atoms with Crippen LogP contribution in [-0.4, -0.2) is 26.2 Å². The summed E-state index contributed by atoms with van der Waals surface area (Å²) in [4.78, 5) is 3.93. The van der Waals surface area contributed by atoms with Gasteiger partial charge in [-0.25, -0.2) is 17.6 Å². The molecule has 4 nitrogen and oxygen atoms in total. The Morgan fingerprint density at radius 3 is 2.35 bits per heavy atom. The lowest BCUT2D eigenvalue weighted by Gasteiger charge is -2.13. The summed E-state index contributed by atoms with van der Waals surface area (Å²) < 4.78 is 58.0. The zero-order valence-electron chi connectivity index (χ0n) is 13.9. The Morgan fingerprint density at radius 2 is 1.65 bits per heavy atom. The van der Waals surface area contributed by atoms with Gasteiger partial charge >= 0.3 is 0 Å². The van der Waals surface area contributed by atoms with E-state index in [2.05, 4.69) is 15.6 Å². The molecule has 26 heavy (non-hydrogen) atoms. The molecule has 142 valence electrons. The van der Waals surface area contributed by atoms with Crippen LogP contribution in [0.15, 0.2) is 41.4 Å². The third kappa shape index (κ3) is 6.70. The molecular weight excluding hydrogens is 465 g/mol. The van der Waals surface area contributed by atoms with Gasteiger partial charge < -0.3 is 15.4 Å². The number of benzene rings is 2. The normalized spacial score (nSPS) is 10.9. The largest absolute Gasteiger partial charge is 0.489 e. The molecule has 0 heterocycles. The van der Waals surface area contributed by atoms with Gasteiger partial charge in [-0.1, -0.05) is 0 Å². The summed E-state index contributed by atoms with van der Waals surface area (Å²) >= 11 is 0. The van der Waals surface area contributed by atoms with Gasteiger partial charge in [-0.05, 0) is 30.3 Å². The number of nitrogens with zero attached hydrogens (tertiary/aromatic N) is 1. The van der Waals surface area contributed by atoms with Crippen LogP contribution < -0.4 is 15.4 Å². The fraction of sp³-hybridized carbons (Fsp3) is 0.235. The van der Waals surface area contributed by atoms with Crippen molar-refractivity contribution in [2.24, 2.45) is 4.99 Å². The van der Waals surface area contributed by atoms with Crippen molar-refractivity contribution < 1.29 is 22.3 Å². The first-order valence-electron chi connectivity index (χ1n) is 7.46. The van der Waals surface area contributed by atoms with Crippen molar-refractivity contribution in [3.63, 3.8) is 0 Å². The van der Waals surface area contributed by atoms with Crippen LogP contribution in [0.5, 0.6) is 5.75 Å². The van der Waals surface area contributed by atoms with Crippen LogP contribution >= 0.6 is 24.0 Å². The number of hydrogen-bond acceptors (Lipinski definition) is 2. The van der Waals surface area contributed by atoms with Gasteiger partial charge in [0, 0.05) is 25.2 Å². The van der Waals surface area contributed by atoms with E-state index in [1.54, 1.807) is 0 Å². The van der Waals surface area contributed by atoms with Crippen LogP contribution in [0.2, 0.25) is 0 Å². The summed E-state index contributed by atoms with van der Waals surface area (Å²) in [5.41, 5.74) is 0.160. The Labute approximate surface area is 165 Å². The molecule has 0 spiro atoms. The van der Waals surface area contributed by atoms with E-state index in [9.17, 15) is 17.6 Å². The van der Waals surface area contributed by atoms with Crippen LogP contribution in [0.1, 0.15) is 5.56 Å². The van der Waals surface area contributed by atoms with Crippen molar-refractivity contribution in [3.8, 4) is 5.75 Å². The second-order valence-electron chi connectivity index (χ2n) is 5.01. The molecular formula is C17H18F4IN3O. The van der Waals surface area contributed by atoms with Crippen LogP contribution in [0.25, 0.3) is 0 Å². The fourth-order valence-electron chi connectivity index (χ4n) is 2.00. The van der Waals surface area contributed by atoms with Crippen molar-refractivity contribution in [2.75, 3.05) is 20.2 Å². The maximum atomic E-state index is 13.5. The van der Waals surface area contributed by atoms with E-state index in [0.29, 0.717) is 5.96 Å². The molecule has 2 aromatic rings. The van der Waals surface area contributed by atoms with Crippen LogP contribution in [0, 0.1) is 23.3 Å². The van der Waals surface area contributed by atoms with E-state index in [1.807, 2.05) is 0 Å². The molecule has 0 fully saturated rings. The number of nitrogens with one attached hydrogen (secondary N) is 2. The smallest absolute Gasteiger partial charge is 0.191 e. The molecule has 9 heteroatoms. The van der Waals surface area contributed by atoms with E-state index in [0.717, 1.165) is 30.3 Å². The molecule has 0 amide bonds. The highest BCUT2D eigenvalue weighted by Crippen LogP contribution is 2.17. The molecule has 0 aliphatic carbocycles. The zero-order chi connectivity index (χ0) is 18.2. The van der Waals surface area contributed by atoms with Gasteiger partial charge in [0.25, 0.3) is 0 Å². The Kier molecular flexibility index (Phi) is 9.17. The van der Waals surface area contributed by atoms with Crippen molar-refractivity contribution >= 4 is 29.9 Å². The third-order valence-electron chi connectivity index (χ3n) is 3.22. The number of halogens is 5. The molecule has 0 unspecified atom stereocenters. The first kappa shape index (κ1) is 22.0. The van der Waals surface area contributed by atoms with E-state index in [4.69, 9.17) is 4.74 Å². The van der Waals surface area contributed by atoms with Gasteiger partial charge in [0.2, 0.25) is 0 Å². The molecule has 0 radical (unpaired) electrons.